The van der Waals surface area contributed by atoms with Gasteiger partial charge in [-0.15, -0.1) is 0 Å². The SMILES string of the molecule is COC(=O)CC[C@@H](C)[C@H]1CCC2C3C(CC[C@@]21C)[C@@]1(C)C=C(F)[C@H](O)C[C@H]1C[C@@H]3O.C[C@H](CCC(=O)O)[C@H]1CCC2C3C(CC[C@@]21C)[C@@]1(C)C=C(F)[C@H](O)C[C@H]1C[C@@H]3O. The fourth-order valence-electron chi connectivity index (χ4n) is 16.8. The van der Waals surface area contributed by atoms with E-state index in [4.69, 9.17) is 9.84 Å². The number of carbonyl (C=O) groups excluding carboxylic acids is 1. The number of carboxylic acids is 1. The van der Waals surface area contributed by atoms with Crippen molar-refractivity contribution in [3.63, 3.8) is 0 Å². The number of fused-ring (bicyclic) bond motifs is 10. The zero-order chi connectivity index (χ0) is 43.0. The summed E-state index contributed by atoms with van der Waals surface area (Å²) in [5.74, 6) is 2.23. The van der Waals surface area contributed by atoms with Crippen LogP contribution >= 0.6 is 0 Å². The Labute approximate surface area is 352 Å². The highest BCUT2D eigenvalue weighted by Gasteiger charge is 2.64. The van der Waals surface area contributed by atoms with Gasteiger partial charge in [0.05, 0.1) is 19.3 Å². The summed E-state index contributed by atoms with van der Waals surface area (Å²) in [6, 6.07) is 0. The van der Waals surface area contributed by atoms with Gasteiger partial charge in [0.25, 0.3) is 0 Å². The van der Waals surface area contributed by atoms with E-state index in [1.165, 1.54) is 7.11 Å². The lowest BCUT2D eigenvalue weighted by Gasteiger charge is -2.61. The van der Waals surface area contributed by atoms with Crippen molar-refractivity contribution in [3.8, 4) is 0 Å². The third-order valence-corrected chi connectivity index (χ3v) is 19.9. The van der Waals surface area contributed by atoms with Crippen LogP contribution in [-0.4, -0.2) is 69.0 Å². The molecule has 0 aromatic heterocycles. The van der Waals surface area contributed by atoms with Crippen LogP contribution in [0, 0.1) is 92.7 Å². The lowest BCUT2D eigenvalue weighted by molar-refractivity contribution is -0.149. The molecule has 20 atom stereocenters. The summed E-state index contributed by atoms with van der Waals surface area (Å²) in [5, 5.41) is 51.6. The summed E-state index contributed by atoms with van der Waals surface area (Å²) < 4.78 is 33.7. The molecule has 6 saturated carbocycles. The molecule has 59 heavy (non-hydrogen) atoms. The van der Waals surface area contributed by atoms with Gasteiger partial charge in [-0.1, -0.05) is 41.5 Å². The lowest BCUT2D eigenvalue weighted by Crippen LogP contribution is -2.58. The number of aliphatic carboxylic acids is 1. The van der Waals surface area contributed by atoms with Crippen molar-refractivity contribution in [1.82, 2.24) is 0 Å². The molecule has 6 fully saturated rings. The first-order valence-corrected chi connectivity index (χ1v) is 23.5. The number of methoxy groups -OCH3 is 1. The number of hydrogen-bond acceptors (Lipinski definition) is 7. The number of rotatable bonds is 8. The molecule has 0 aliphatic heterocycles. The predicted octanol–water partition coefficient (Wildman–Crippen LogP) is 9.19. The van der Waals surface area contributed by atoms with Crippen LogP contribution in [0.5, 0.6) is 0 Å². The monoisotopic (exact) mass is 831 g/mol. The van der Waals surface area contributed by atoms with Crippen LogP contribution < -0.4 is 0 Å². The third kappa shape index (κ3) is 7.70. The smallest absolute Gasteiger partial charge is 0.305 e. The molecule has 8 aliphatic rings. The first kappa shape index (κ1) is 45.2. The van der Waals surface area contributed by atoms with Crippen LogP contribution in [0.1, 0.15) is 144 Å². The molecule has 334 valence electrons. The maximum atomic E-state index is 14.5. The Hall–Kier alpha value is -1.88. The van der Waals surface area contributed by atoms with E-state index in [9.17, 15) is 38.8 Å². The van der Waals surface area contributed by atoms with Crippen LogP contribution in [0.3, 0.4) is 0 Å². The summed E-state index contributed by atoms with van der Waals surface area (Å²) in [6.45, 7) is 13.6. The van der Waals surface area contributed by atoms with Crippen LogP contribution in [0.15, 0.2) is 23.8 Å². The van der Waals surface area contributed by atoms with Gasteiger partial charge in [-0.3, -0.25) is 9.59 Å². The van der Waals surface area contributed by atoms with Crippen molar-refractivity contribution in [2.45, 2.75) is 169 Å². The molecule has 0 amide bonds. The van der Waals surface area contributed by atoms with E-state index in [1.807, 2.05) is 0 Å². The number of aliphatic hydroxyl groups is 4. The lowest BCUT2D eigenvalue weighted by atomic mass is 9.44. The molecular formula is C49H76F2O8. The maximum Gasteiger partial charge on any atom is 0.305 e. The average Bonchev–Trinajstić information content (AvgIpc) is 3.72. The van der Waals surface area contributed by atoms with Crippen LogP contribution in [0.4, 0.5) is 8.78 Å². The number of allylic oxidation sites excluding steroid dienone is 2. The first-order valence-electron chi connectivity index (χ1n) is 23.5. The third-order valence-electron chi connectivity index (χ3n) is 19.9. The van der Waals surface area contributed by atoms with E-state index >= 15 is 0 Å². The quantitative estimate of drug-likeness (QED) is 0.152. The molecule has 0 saturated heterocycles. The molecule has 0 bridgehead atoms. The van der Waals surface area contributed by atoms with Crippen molar-refractivity contribution in [2.24, 2.45) is 92.7 Å². The standard InChI is InChI=1S/C25H39FO4.C24H37FO4/c1-14(5-8-22(29)30-4)16-6-7-17-23-18(9-10-24(16,17)2)25(3)13-19(26)20(27)11-15(25)12-21(23)28;1-13(4-7-21(28)29)15-5-6-16-22-17(8-9-23(15,16)2)24(3)12-18(25)19(26)10-14(24)11-20(22)27/h13-18,20-21,23,27-28H,5-12H2,1-4H3;12-17,19-20,22,26-27H,4-11H2,1-3H3,(H,28,29)/t14-,15+,16-,17?,18?,20-,21+,23?,24-,25+;13-,14+,15-,16?,17?,19-,20+,22?,23-,24+/m11/s1. The van der Waals surface area contributed by atoms with E-state index in [0.717, 1.165) is 57.8 Å². The predicted molar refractivity (Wildman–Crippen MR) is 222 cm³/mol. The summed E-state index contributed by atoms with van der Waals surface area (Å²) in [6.07, 6.45) is 13.6. The van der Waals surface area contributed by atoms with Crippen LogP contribution in [0.2, 0.25) is 0 Å². The molecular weight excluding hydrogens is 755 g/mol. The van der Waals surface area contributed by atoms with Crippen molar-refractivity contribution >= 4 is 11.9 Å². The summed E-state index contributed by atoms with van der Waals surface area (Å²) >= 11 is 0. The topological polar surface area (TPSA) is 145 Å². The van der Waals surface area contributed by atoms with E-state index in [2.05, 4.69) is 41.5 Å². The number of halogens is 2. The Morgan fingerprint density at radius 1 is 0.661 bits per heavy atom. The molecule has 8 rings (SSSR count). The minimum absolute atomic E-state index is 0.125. The van der Waals surface area contributed by atoms with E-state index in [1.54, 1.807) is 12.2 Å². The molecule has 0 radical (unpaired) electrons. The van der Waals surface area contributed by atoms with E-state index in [0.29, 0.717) is 74.0 Å². The minimum atomic E-state index is -1.02. The minimum Gasteiger partial charge on any atom is -0.481 e. The van der Waals surface area contributed by atoms with Gasteiger partial charge >= 0.3 is 11.9 Å². The molecule has 0 aromatic rings. The highest BCUT2D eigenvalue weighted by molar-refractivity contribution is 5.69. The van der Waals surface area contributed by atoms with Crippen molar-refractivity contribution < 1.29 is 48.6 Å². The Kier molecular flexibility index (Phi) is 12.8. The number of esters is 1. The van der Waals surface area contributed by atoms with Gasteiger partial charge in [0, 0.05) is 12.8 Å². The van der Waals surface area contributed by atoms with Gasteiger partial charge in [-0.2, -0.15) is 0 Å². The van der Waals surface area contributed by atoms with Crippen LogP contribution in [0.25, 0.3) is 0 Å². The zero-order valence-corrected chi connectivity index (χ0v) is 36.9. The molecule has 0 spiro atoms. The van der Waals surface area contributed by atoms with Gasteiger partial charge in [0.2, 0.25) is 0 Å². The summed E-state index contributed by atoms with van der Waals surface area (Å²) in [5.41, 5.74) is -0.276. The van der Waals surface area contributed by atoms with E-state index in [-0.39, 0.29) is 87.3 Å². The number of hydrogen-bond donors (Lipinski definition) is 5. The van der Waals surface area contributed by atoms with Gasteiger partial charge < -0.3 is 30.3 Å². The number of carboxylic acid groups (broad SMARTS) is 1. The zero-order valence-electron chi connectivity index (χ0n) is 36.9. The Morgan fingerprint density at radius 3 is 1.46 bits per heavy atom. The molecule has 5 N–H and O–H groups in total. The molecule has 10 heteroatoms. The molecule has 0 aromatic carbocycles. The Bertz CT molecular complexity index is 1630. The van der Waals surface area contributed by atoms with Crippen molar-refractivity contribution in [2.75, 3.05) is 7.11 Å². The number of ether oxygens (including phenoxy) is 1. The van der Waals surface area contributed by atoms with Gasteiger partial charge in [-0.05, 0) is 195 Å². The van der Waals surface area contributed by atoms with Crippen LogP contribution in [-0.2, 0) is 14.3 Å². The van der Waals surface area contributed by atoms with Gasteiger partial charge in [-0.25, -0.2) is 8.78 Å². The number of carbonyl (C=O) groups is 2. The summed E-state index contributed by atoms with van der Waals surface area (Å²) in [7, 11) is 1.45. The second kappa shape index (κ2) is 16.7. The number of aliphatic hydroxyl groups excluding tert-OH is 4. The summed E-state index contributed by atoms with van der Waals surface area (Å²) in [4.78, 5) is 22.7. The van der Waals surface area contributed by atoms with E-state index < -0.39 is 24.3 Å². The van der Waals surface area contributed by atoms with Crippen molar-refractivity contribution in [3.05, 3.63) is 23.8 Å². The molecule has 0 heterocycles. The maximum absolute atomic E-state index is 14.5. The second-order valence-corrected chi connectivity index (χ2v) is 22.3. The largest absolute Gasteiger partial charge is 0.481 e. The molecule has 8 nitrogen and oxygen atoms in total. The fourth-order valence-corrected chi connectivity index (χ4v) is 16.8. The highest BCUT2D eigenvalue weighted by Crippen LogP contribution is 2.70. The average molecular weight is 831 g/mol. The molecule has 8 aliphatic carbocycles. The second-order valence-electron chi connectivity index (χ2n) is 22.3. The van der Waals surface area contributed by atoms with Gasteiger partial charge in [0.15, 0.2) is 0 Å². The fraction of sp³-hybridized carbons (Fsp3) is 0.878. The Balaban J connectivity index is 0.000000179. The highest BCUT2D eigenvalue weighted by atomic mass is 19.1. The van der Waals surface area contributed by atoms with Crippen molar-refractivity contribution in [1.29, 1.82) is 0 Å². The van der Waals surface area contributed by atoms with Gasteiger partial charge in [0.1, 0.15) is 23.9 Å². The normalized spacial score (nSPS) is 49.4. The Morgan fingerprint density at radius 2 is 1.07 bits per heavy atom. The molecule has 6 unspecified atom stereocenters. The first-order chi connectivity index (χ1) is 27.7.